The Morgan fingerprint density at radius 2 is 1.16 bits per heavy atom. The number of hydrogen-bond donors (Lipinski definition) is 0. The number of rotatable bonds is 1. The van der Waals surface area contributed by atoms with Crippen LogP contribution in [0.3, 0.4) is 0 Å². The SMILES string of the molecule is CN(C)c1ccc(C#Cc2ccc(C#N)cc2)cc1. The first kappa shape index (κ1) is 12.7. The Hall–Kier alpha value is -2.71. The van der Waals surface area contributed by atoms with E-state index in [9.17, 15) is 0 Å². The first-order valence-corrected chi connectivity index (χ1v) is 5.98. The van der Waals surface area contributed by atoms with Crippen LogP contribution in [0.4, 0.5) is 5.69 Å². The maximum absolute atomic E-state index is 8.72. The molecule has 0 aliphatic heterocycles. The van der Waals surface area contributed by atoms with E-state index in [-0.39, 0.29) is 0 Å². The van der Waals surface area contributed by atoms with Crippen LogP contribution in [0, 0.1) is 23.2 Å². The molecule has 0 N–H and O–H groups in total. The molecule has 2 aromatic rings. The molecule has 0 aromatic heterocycles. The molecule has 92 valence electrons. The minimum Gasteiger partial charge on any atom is -0.378 e. The predicted octanol–water partition coefficient (Wildman–Crippen LogP) is 3.02. The molecule has 0 spiro atoms. The van der Waals surface area contributed by atoms with Gasteiger partial charge in [-0.2, -0.15) is 5.26 Å². The Morgan fingerprint density at radius 3 is 1.58 bits per heavy atom. The highest BCUT2D eigenvalue weighted by Gasteiger charge is 1.94. The van der Waals surface area contributed by atoms with Crippen LogP contribution < -0.4 is 4.90 Å². The normalized spacial score (nSPS) is 9.11. The zero-order chi connectivity index (χ0) is 13.7. The molecular formula is C17H14N2. The fourth-order valence-electron chi connectivity index (χ4n) is 1.62. The van der Waals surface area contributed by atoms with Crippen molar-refractivity contribution in [3.8, 4) is 17.9 Å². The number of benzene rings is 2. The van der Waals surface area contributed by atoms with E-state index in [1.807, 2.05) is 50.5 Å². The van der Waals surface area contributed by atoms with Crippen molar-refractivity contribution in [1.29, 1.82) is 5.26 Å². The second-order valence-electron chi connectivity index (χ2n) is 4.38. The highest BCUT2D eigenvalue weighted by atomic mass is 15.1. The second-order valence-corrected chi connectivity index (χ2v) is 4.38. The van der Waals surface area contributed by atoms with Crippen molar-refractivity contribution in [3.05, 3.63) is 65.2 Å². The molecule has 0 radical (unpaired) electrons. The largest absolute Gasteiger partial charge is 0.378 e. The Kier molecular flexibility index (Phi) is 3.86. The Labute approximate surface area is 113 Å². The number of nitrogens with zero attached hydrogens (tertiary/aromatic N) is 2. The summed E-state index contributed by atoms with van der Waals surface area (Å²) < 4.78 is 0. The second kappa shape index (κ2) is 5.76. The van der Waals surface area contributed by atoms with E-state index in [0.717, 1.165) is 16.8 Å². The van der Waals surface area contributed by atoms with Gasteiger partial charge in [0.05, 0.1) is 11.6 Å². The molecule has 0 saturated carbocycles. The summed E-state index contributed by atoms with van der Waals surface area (Å²) in [6, 6.07) is 17.5. The fraction of sp³-hybridized carbons (Fsp3) is 0.118. The van der Waals surface area contributed by atoms with Gasteiger partial charge in [0.25, 0.3) is 0 Å². The first-order valence-electron chi connectivity index (χ1n) is 5.98. The zero-order valence-corrected chi connectivity index (χ0v) is 11.0. The van der Waals surface area contributed by atoms with Gasteiger partial charge in [-0.15, -0.1) is 0 Å². The van der Waals surface area contributed by atoms with Crippen LogP contribution in [0.5, 0.6) is 0 Å². The molecule has 2 nitrogen and oxygen atoms in total. The van der Waals surface area contributed by atoms with E-state index in [1.54, 1.807) is 12.1 Å². The molecular weight excluding hydrogens is 232 g/mol. The van der Waals surface area contributed by atoms with Crippen LogP contribution in [-0.4, -0.2) is 14.1 Å². The maximum atomic E-state index is 8.72. The summed E-state index contributed by atoms with van der Waals surface area (Å²) in [6.07, 6.45) is 0. The van der Waals surface area contributed by atoms with Gasteiger partial charge in [-0.05, 0) is 48.5 Å². The predicted molar refractivity (Wildman–Crippen MR) is 77.9 cm³/mol. The average Bonchev–Trinajstić information content (AvgIpc) is 2.46. The third-order valence-electron chi connectivity index (χ3n) is 2.75. The van der Waals surface area contributed by atoms with E-state index in [2.05, 4.69) is 22.8 Å². The summed E-state index contributed by atoms with van der Waals surface area (Å²) in [5.74, 6) is 6.20. The lowest BCUT2D eigenvalue weighted by Gasteiger charge is -2.11. The fourth-order valence-corrected chi connectivity index (χ4v) is 1.62. The quantitative estimate of drug-likeness (QED) is 0.723. The molecule has 19 heavy (non-hydrogen) atoms. The first-order chi connectivity index (χ1) is 9.19. The van der Waals surface area contributed by atoms with Gasteiger partial charge >= 0.3 is 0 Å². The van der Waals surface area contributed by atoms with E-state index < -0.39 is 0 Å². The molecule has 0 heterocycles. The number of nitriles is 1. The van der Waals surface area contributed by atoms with Crippen molar-refractivity contribution in [1.82, 2.24) is 0 Å². The summed E-state index contributed by atoms with van der Waals surface area (Å²) in [6.45, 7) is 0. The molecule has 0 amide bonds. The third-order valence-corrected chi connectivity index (χ3v) is 2.75. The molecule has 2 aromatic carbocycles. The smallest absolute Gasteiger partial charge is 0.0991 e. The summed E-state index contributed by atoms with van der Waals surface area (Å²) >= 11 is 0. The highest BCUT2D eigenvalue weighted by Crippen LogP contribution is 2.11. The van der Waals surface area contributed by atoms with Crippen LogP contribution >= 0.6 is 0 Å². The lowest BCUT2D eigenvalue weighted by molar-refractivity contribution is 1.13. The molecule has 2 heteroatoms. The van der Waals surface area contributed by atoms with Crippen LogP contribution in [0.1, 0.15) is 16.7 Å². The Morgan fingerprint density at radius 1 is 0.737 bits per heavy atom. The van der Waals surface area contributed by atoms with E-state index >= 15 is 0 Å². The molecule has 0 aliphatic carbocycles. The molecule has 0 aliphatic rings. The maximum Gasteiger partial charge on any atom is 0.0991 e. The Bertz CT molecular complexity index is 648. The molecule has 2 rings (SSSR count). The number of hydrogen-bond acceptors (Lipinski definition) is 2. The zero-order valence-electron chi connectivity index (χ0n) is 11.0. The lowest BCUT2D eigenvalue weighted by Crippen LogP contribution is -2.07. The van der Waals surface area contributed by atoms with Crippen LogP contribution in [0.25, 0.3) is 0 Å². The summed E-state index contributed by atoms with van der Waals surface area (Å²) in [4.78, 5) is 2.05. The Balaban J connectivity index is 2.17. The van der Waals surface area contributed by atoms with Gasteiger partial charge in [-0.1, -0.05) is 11.8 Å². The van der Waals surface area contributed by atoms with Crippen molar-refractivity contribution in [2.24, 2.45) is 0 Å². The van der Waals surface area contributed by atoms with Gasteiger partial charge in [-0.25, -0.2) is 0 Å². The summed E-state index contributed by atoms with van der Waals surface area (Å²) in [5.41, 5.74) is 3.70. The van der Waals surface area contributed by atoms with E-state index in [0.29, 0.717) is 5.56 Å². The third kappa shape index (κ3) is 3.37. The monoisotopic (exact) mass is 246 g/mol. The molecule has 0 unspecified atom stereocenters. The molecule has 0 bridgehead atoms. The van der Waals surface area contributed by atoms with Crippen molar-refractivity contribution >= 4 is 5.69 Å². The molecule has 0 atom stereocenters. The van der Waals surface area contributed by atoms with Gasteiger partial charge in [0.2, 0.25) is 0 Å². The van der Waals surface area contributed by atoms with Gasteiger partial charge < -0.3 is 4.90 Å². The molecule has 0 fully saturated rings. The van der Waals surface area contributed by atoms with Crippen LogP contribution in [-0.2, 0) is 0 Å². The van der Waals surface area contributed by atoms with Crippen molar-refractivity contribution in [2.75, 3.05) is 19.0 Å². The van der Waals surface area contributed by atoms with Crippen molar-refractivity contribution < 1.29 is 0 Å². The van der Waals surface area contributed by atoms with Crippen LogP contribution in [0.15, 0.2) is 48.5 Å². The van der Waals surface area contributed by atoms with E-state index in [1.165, 1.54) is 0 Å². The number of anilines is 1. The summed E-state index contributed by atoms with van der Waals surface area (Å²) in [7, 11) is 4.02. The van der Waals surface area contributed by atoms with Crippen molar-refractivity contribution in [2.45, 2.75) is 0 Å². The van der Waals surface area contributed by atoms with Gasteiger partial charge in [0.15, 0.2) is 0 Å². The molecule has 0 saturated heterocycles. The van der Waals surface area contributed by atoms with E-state index in [4.69, 9.17) is 5.26 Å². The standard InChI is InChI=1S/C17H14N2/c1-19(2)17-11-9-15(10-12-17)4-3-14-5-7-16(13-18)8-6-14/h5-12H,1-2H3. The lowest BCUT2D eigenvalue weighted by atomic mass is 10.1. The van der Waals surface area contributed by atoms with Gasteiger partial charge in [0, 0.05) is 30.9 Å². The summed E-state index contributed by atoms with van der Waals surface area (Å²) in [5, 5.41) is 8.72. The van der Waals surface area contributed by atoms with Gasteiger partial charge in [-0.3, -0.25) is 0 Å². The van der Waals surface area contributed by atoms with Gasteiger partial charge in [0.1, 0.15) is 0 Å². The topological polar surface area (TPSA) is 27.0 Å². The van der Waals surface area contributed by atoms with Crippen molar-refractivity contribution in [3.63, 3.8) is 0 Å². The highest BCUT2D eigenvalue weighted by molar-refractivity contribution is 5.51. The average molecular weight is 246 g/mol. The minimum absolute atomic E-state index is 0.654. The van der Waals surface area contributed by atoms with Crippen LogP contribution in [0.2, 0.25) is 0 Å². The minimum atomic E-state index is 0.654.